The van der Waals surface area contributed by atoms with Gasteiger partial charge in [-0.05, 0) is 13.3 Å². The molecule has 0 aromatic carbocycles. The van der Waals surface area contributed by atoms with Crippen LogP contribution in [0, 0.1) is 0 Å². The fraction of sp³-hybridized carbons (Fsp3) is 1.00. The lowest BCUT2D eigenvalue weighted by atomic mass is 10.5. The fourth-order valence-electron chi connectivity index (χ4n) is 0.430. The lowest BCUT2D eigenvalue weighted by Crippen LogP contribution is -2.39. The van der Waals surface area contributed by atoms with Crippen molar-refractivity contribution in [3.63, 3.8) is 0 Å². The molecule has 0 aromatic rings. The molecule has 0 atom stereocenters. The lowest BCUT2D eigenvalue weighted by molar-refractivity contribution is -1.08. The normalized spacial score (nSPS) is 12.0. The first-order valence-electron chi connectivity index (χ1n) is 3.60. The van der Waals surface area contributed by atoms with Crippen LogP contribution in [0.5, 0.6) is 0 Å². The van der Waals surface area contributed by atoms with Crippen molar-refractivity contribution in [2.75, 3.05) is 27.2 Å². The van der Waals surface area contributed by atoms with E-state index in [1.54, 1.807) is 0 Å². The van der Waals surface area contributed by atoms with Gasteiger partial charge in [-0.1, -0.05) is 6.92 Å². The van der Waals surface area contributed by atoms with E-state index in [1.807, 2.05) is 0 Å². The average Bonchev–Trinajstić information content (AvgIpc) is 1.84. The summed E-state index contributed by atoms with van der Waals surface area (Å²) in [5.74, 6) is 0. The molecule has 0 unspecified atom stereocenters. The zero-order chi connectivity index (χ0) is 7.33. The SMILES string of the molecule is CCCO[N+](C)(C)CC. The van der Waals surface area contributed by atoms with Gasteiger partial charge in [0.15, 0.2) is 0 Å². The molecular formula is C7H18NO+. The standard InChI is InChI=1S/C7H18NO/c1-5-7-9-8(3,4)6-2/h5-7H2,1-4H3/q+1. The van der Waals surface area contributed by atoms with Gasteiger partial charge in [0.1, 0.15) is 13.2 Å². The van der Waals surface area contributed by atoms with Crippen molar-refractivity contribution in [2.45, 2.75) is 20.3 Å². The Labute approximate surface area is 58.0 Å². The van der Waals surface area contributed by atoms with E-state index in [2.05, 4.69) is 27.9 Å². The van der Waals surface area contributed by atoms with Gasteiger partial charge in [0.05, 0.1) is 14.1 Å². The Bertz CT molecular complexity index is 71.3. The Morgan fingerprint density at radius 3 is 2.11 bits per heavy atom. The second-order valence-electron chi connectivity index (χ2n) is 2.72. The smallest absolute Gasteiger partial charge is 0.106 e. The van der Waals surface area contributed by atoms with Crippen LogP contribution >= 0.6 is 0 Å². The van der Waals surface area contributed by atoms with Gasteiger partial charge >= 0.3 is 0 Å². The van der Waals surface area contributed by atoms with Gasteiger partial charge in [-0.15, -0.1) is 0 Å². The second kappa shape index (κ2) is 3.85. The maximum absolute atomic E-state index is 5.47. The van der Waals surface area contributed by atoms with Gasteiger partial charge in [-0.25, -0.2) is 4.84 Å². The summed E-state index contributed by atoms with van der Waals surface area (Å²) in [4.78, 5) is 5.47. The molecule has 0 radical (unpaired) electrons. The van der Waals surface area contributed by atoms with E-state index in [4.69, 9.17) is 4.84 Å². The molecule has 0 aliphatic carbocycles. The predicted molar refractivity (Wildman–Crippen MR) is 38.9 cm³/mol. The van der Waals surface area contributed by atoms with E-state index < -0.39 is 0 Å². The van der Waals surface area contributed by atoms with Gasteiger partial charge in [-0.3, -0.25) is 0 Å². The van der Waals surface area contributed by atoms with E-state index in [0.717, 1.165) is 19.6 Å². The van der Waals surface area contributed by atoms with Crippen LogP contribution in [0.4, 0.5) is 0 Å². The predicted octanol–water partition coefficient (Wildman–Crippen LogP) is 1.42. The molecule has 0 aromatic heterocycles. The molecule has 0 heterocycles. The van der Waals surface area contributed by atoms with Crippen molar-refractivity contribution in [1.29, 1.82) is 0 Å². The molecule has 0 amide bonds. The zero-order valence-corrected chi connectivity index (χ0v) is 6.98. The summed E-state index contributed by atoms with van der Waals surface area (Å²) in [7, 11) is 4.13. The van der Waals surface area contributed by atoms with Crippen LogP contribution in [0.25, 0.3) is 0 Å². The molecule has 0 N–H and O–H groups in total. The first-order valence-corrected chi connectivity index (χ1v) is 3.60. The van der Waals surface area contributed by atoms with E-state index in [-0.39, 0.29) is 0 Å². The van der Waals surface area contributed by atoms with E-state index in [0.29, 0.717) is 4.65 Å². The Morgan fingerprint density at radius 2 is 1.78 bits per heavy atom. The molecule has 2 nitrogen and oxygen atoms in total. The Kier molecular flexibility index (Phi) is 3.82. The largest absolute Gasteiger partial charge is 0.203 e. The van der Waals surface area contributed by atoms with Crippen LogP contribution in [-0.4, -0.2) is 31.9 Å². The van der Waals surface area contributed by atoms with Crippen LogP contribution in [0.3, 0.4) is 0 Å². The van der Waals surface area contributed by atoms with E-state index in [9.17, 15) is 0 Å². The number of quaternary nitrogens is 1. The van der Waals surface area contributed by atoms with Crippen LogP contribution in [0.1, 0.15) is 20.3 Å². The molecule has 0 saturated heterocycles. The molecule has 0 aliphatic heterocycles. The molecule has 2 heteroatoms. The summed E-state index contributed by atoms with van der Waals surface area (Å²) < 4.78 is 0.674. The molecular weight excluding hydrogens is 114 g/mol. The molecule has 0 aliphatic rings. The minimum absolute atomic E-state index is 0.674. The molecule has 0 fully saturated rings. The van der Waals surface area contributed by atoms with Crippen molar-refractivity contribution < 1.29 is 9.48 Å². The van der Waals surface area contributed by atoms with Crippen molar-refractivity contribution in [3.05, 3.63) is 0 Å². The Hall–Kier alpha value is -0.0800. The number of hydrogen-bond acceptors (Lipinski definition) is 1. The second-order valence-corrected chi connectivity index (χ2v) is 2.72. The average molecular weight is 132 g/mol. The number of hydroxylamine groups is 3. The Morgan fingerprint density at radius 1 is 1.22 bits per heavy atom. The summed E-state index contributed by atoms with van der Waals surface area (Å²) in [6.45, 7) is 6.13. The molecule has 0 spiro atoms. The molecule has 0 bridgehead atoms. The molecule has 9 heavy (non-hydrogen) atoms. The summed E-state index contributed by atoms with van der Waals surface area (Å²) >= 11 is 0. The van der Waals surface area contributed by atoms with Crippen molar-refractivity contribution in [2.24, 2.45) is 0 Å². The van der Waals surface area contributed by atoms with Gasteiger partial charge in [0.2, 0.25) is 0 Å². The maximum atomic E-state index is 5.47. The van der Waals surface area contributed by atoms with Gasteiger partial charge in [0.25, 0.3) is 0 Å². The third-order valence-electron chi connectivity index (χ3n) is 1.41. The van der Waals surface area contributed by atoms with Crippen LogP contribution in [-0.2, 0) is 4.84 Å². The number of hydrogen-bond donors (Lipinski definition) is 0. The topological polar surface area (TPSA) is 9.23 Å². The minimum atomic E-state index is 0.674. The lowest BCUT2D eigenvalue weighted by Gasteiger charge is -2.24. The van der Waals surface area contributed by atoms with Crippen molar-refractivity contribution in [1.82, 2.24) is 0 Å². The summed E-state index contributed by atoms with van der Waals surface area (Å²) in [5, 5.41) is 0. The van der Waals surface area contributed by atoms with Gasteiger partial charge < -0.3 is 0 Å². The first-order chi connectivity index (χ1) is 4.12. The highest BCUT2D eigenvalue weighted by molar-refractivity contribution is 4.16. The highest BCUT2D eigenvalue weighted by atomic mass is 16.7. The molecule has 0 saturated carbocycles. The molecule has 56 valence electrons. The van der Waals surface area contributed by atoms with E-state index in [1.165, 1.54) is 0 Å². The summed E-state index contributed by atoms with van der Waals surface area (Å²) in [5.41, 5.74) is 0. The van der Waals surface area contributed by atoms with Gasteiger partial charge in [0, 0.05) is 0 Å². The highest BCUT2D eigenvalue weighted by Gasteiger charge is 2.11. The first kappa shape index (κ1) is 8.92. The quantitative estimate of drug-likeness (QED) is 0.415. The summed E-state index contributed by atoms with van der Waals surface area (Å²) in [6.07, 6.45) is 1.10. The van der Waals surface area contributed by atoms with Crippen LogP contribution < -0.4 is 0 Å². The van der Waals surface area contributed by atoms with Crippen molar-refractivity contribution >= 4 is 0 Å². The number of nitrogens with zero attached hydrogens (tertiary/aromatic N) is 1. The summed E-state index contributed by atoms with van der Waals surface area (Å²) in [6, 6.07) is 0. The van der Waals surface area contributed by atoms with E-state index >= 15 is 0 Å². The zero-order valence-electron chi connectivity index (χ0n) is 6.98. The minimum Gasteiger partial charge on any atom is -0.203 e. The molecule has 0 rings (SSSR count). The highest BCUT2D eigenvalue weighted by Crippen LogP contribution is 1.97. The van der Waals surface area contributed by atoms with Crippen LogP contribution in [0.2, 0.25) is 0 Å². The Balaban J connectivity index is 3.33. The monoisotopic (exact) mass is 132 g/mol. The van der Waals surface area contributed by atoms with Crippen molar-refractivity contribution in [3.8, 4) is 0 Å². The maximum Gasteiger partial charge on any atom is 0.106 e. The third kappa shape index (κ3) is 4.43. The fourth-order valence-corrected chi connectivity index (χ4v) is 0.430. The van der Waals surface area contributed by atoms with Crippen LogP contribution in [0.15, 0.2) is 0 Å². The van der Waals surface area contributed by atoms with Gasteiger partial charge in [-0.2, -0.15) is 4.65 Å². The third-order valence-corrected chi connectivity index (χ3v) is 1.41. The number of rotatable bonds is 4.